The van der Waals surface area contributed by atoms with Crippen LogP contribution in [0.5, 0.6) is 0 Å². The van der Waals surface area contributed by atoms with Crippen molar-refractivity contribution in [2.45, 2.75) is 37.9 Å². The smallest absolute Gasteiger partial charge is 0.315 e. The summed E-state index contributed by atoms with van der Waals surface area (Å²) in [5, 5.41) is 15.0. The van der Waals surface area contributed by atoms with E-state index in [2.05, 4.69) is 30.4 Å². The molecule has 0 aliphatic rings. The largest absolute Gasteiger partial charge is 0.481 e. The van der Waals surface area contributed by atoms with Crippen molar-refractivity contribution >= 4 is 34.2 Å². The molecule has 0 atom stereocenters. The van der Waals surface area contributed by atoms with Crippen LogP contribution in [-0.4, -0.2) is 33.6 Å². The predicted molar refractivity (Wildman–Crippen MR) is 78.9 cm³/mol. The van der Waals surface area contributed by atoms with E-state index in [-0.39, 0.29) is 4.75 Å². The molecule has 0 radical (unpaired) electrons. The summed E-state index contributed by atoms with van der Waals surface area (Å²) in [7, 11) is 0. The molecule has 0 aromatic carbocycles. The van der Waals surface area contributed by atoms with Crippen molar-refractivity contribution in [1.29, 1.82) is 0 Å². The fourth-order valence-electron chi connectivity index (χ4n) is 1.11. The molecule has 0 bridgehead atoms. The number of nitrogens with one attached hydrogen (secondary N) is 1. The lowest BCUT2D eigenvalue weighted by molar-refractivity contribution is -0.142. The number of aromatic nitrogens is 1. The maximum Gasteiger partial charge on any atom is 0.315 e. The second kappa shape index (κ2) is 5.48. The molecule has 0 saturated heterocycles. The van der Waals surface area contributed by atoms with Crippen LogP contribution in [0.4, 0.5) is 5.13 Å². The molecule has 1 aromatic heterocycles. The molecule has 1 rings (SSSR count). The lowest BCUT2D eigenvalue weighted by Gasteiger charge is -2.22. The van der Waals surface area contributed by atoms with E-state index in [4.69, 9.17) is 5.11 Å². The fourth-order valence-corrected chi connectivity index (χ4v) is 2.21. The average molecular weight is 288 g/mol. The Balaban J connectivity index is 2.73. The molecule has 0 amide bonds. The Morgan fingerprint density at radius 3 is 2.61 bits per heavy atom. The predicted octanol–water partition coefficient (Wildman–Crippen LogP) is 3.06. The zero-order chi connectivity index (χ0) is 14.0. The molecule has 18 heavy (non-hydrogen) atoms. The summed E-state index contributed by atoms with van der Waals surface area (Å²) in [6.07, 6.45) is 2.07. The molecule has 0 unspecified atom stereocenters. The molecule has 0 aliphatic carbocycles. The van der Waals surface area contributed by atoms with Gasteiger partial charge in [-0.2, -0.15) is 11.8 Å². The van der Waals surface area contributed by atoms with Crippen LogP contribution >= 0.6 is 23.1 Å². The van der Waals surface area contributed by atoms with E-state index in [0.717, 1.165) is 11.7 Å². The highest BCUT2D eigenvalue weighted by atomic mass is 32.2. The molecule has 6 heteroatoms. The minimum Gasteiger partial charge on any atom is -0.481 e. The number of aliphatic carboxylic acids is 1. The van der Waals surface area contributed by atoms with Gasteiger partial charge in [-0.1, -0.05) is 0 Å². The second-order valence-corrected chi connectivity index (χ2v) is 7.66. The van der Waals surface area contributed by atoms with E-state index in [0.29, 0.717) is 5.69 Å². The molecule has 0 aliphatic heterocycles. The topological polar surface area (TPSA) is 62.2 Å². The van der Waals surface area contributed by atoms with Crippen molar-refractivity contribution in [3.8, 4) is 0 Å². The van der Waals surface area contributed by atoms with Gasteiger partial charge < -0.3 is 10.4 Å². The summed E-state index contributed by atoms with van der Waals surface area (Å²) < 4.78 is 0.133. The number of nitrogens with zero attached hydrogens (tertiary/aromatic N) is 1. The molecule has 0 spiro atoms. The van der Waals surface area contributed by atoms with Crippen molar-refractivity contribution in [3.63, 3.8) is 0 Å². The molecule has 0 saturated carbocycles. The zero-order valence-corrected chi connectivity index (χ0v) is 13.0. The van der Waals surface area contributed by atoms with Gasteiger partial charge in [-0.3, -0.25) is 4.79 Å². The van der Waals surface area contributed by atoms with Gasteiger partial charge in [-0.15, -0.1) is 11.3 Å². The van der Waals surface area contributed by atoms with Crippen LogP contribution < -0.4 is 5.32 Å². The Morgan fingerprint density at radius 2 is 2.11 bits per heavy atom. The maximum atomic E-state index is 11.1. The minimum absolute atomic E-state index is 0.133. The molecule has 102 valence electrons. The van der Waals surface area contributed by atoms with Crippen molar-refractivity contribution in [2.24, 2.45) is 0 Å². The van der Waals surface area contributed by atoms with E-state index >= 15 is 0 Å². The minimum atomic E-state index is -0.939. The third-order valence-electron chi connectivity index (χ3n) is 2.90. The number of carbonyl (C=O) groups is 1. The van der Waals surface area contributed by atoms with Gasteiger partial charge >= 0.3 is 5.97 Å². The van der Waals surface area contributed by atoms with Crippen LogP contribution in [0.1, 0.15) is 33.4 Å². The Labute approximate surface area is 116 Å². The normalized spacial score (nSPS) is 12.5. The molecule has 2 N–H and O–H groups in total. The maximum absolute atomic E-state index is 11.1. The third kappa shape index (κ3) is 3.62. The number of thioether (sulfide) groups is 1. The summed E-state index contributed by atoms with van der Waals surface area (Å²) in [5.41, 5.74) is -0.338. The zero-order valence-electron chi connectivity index (χ0n) is 11.4. The molecule has 1 aromatic rings. The van der Waals surface area contributed by atoms with Gasteiger partial charge in [0.05, 0.1) is 5.69 Å². The first-order valence-corrected chi connectivity index (χ1v) is 7.78. The Morgan fingerprint density at radius 1 is 1.50 bits per heavy atom. The highest BCUT2D eigenvalue weighted by Crippen LogP contribution is 2.28. The van der Waals surface area contributed by atoms with Gasteiger partial charge in [-0.25, -0.2) is 4.98 Å². The number of rotatable bonds is 6. The summed E-state index contributed by atoms with van der Waals surface area (Å²) in [6, 6.07) is 0. The lowest BCUT2D eigenvalue weighted by Crippen LogP contribution is -2.29. The standard InChI is InChI=1S/C12H20N2O2S2/c1-11(2,17-5)7-13-10-14-8(6-18-10)12(3,4)9(15)16/h6H,7H2,1-5H3,(H,13,14)(H,15,16). The molecular weight excluding hydrogens is 268 g/mol. The van der Waals surface area contributed by atoms with Gasteiger partial charge in [-0.05, 0) is 34.0 Å². The van der Waals surface area contributed by atoms with Crippen LogP contribution in [-0.2, 0) is 10.2 Å². The SMILES string of the molecule is CSC(C)(C)CNc1nc(C(C)(C)C(=O)O)cs1. The summed E-state index contributed by atoms with van der Waals surface area (Å²) >= 11 is 3.23. The van der Waals surface area contributed by atoms with Crippen LogP contribution in [0.3, 0.4) is 0 Å². The third-order valence-corrected chi connectivity index (χ3v) is 4.95. The second-order valence-electron chi connectivity index (χ2n) is 5.29. The fraction of sp³-hybridized carbons (Fsp3) is 0.667. The van der Waals surface area contributed by atoms with Crippen LogP contribution in [0.15, 0.2) is 5.38 Å². The number of hydrogen-bond acceptors (Lipinski definition) is 5. The highest BCUT2D eigenvalue weighted by Gasteiger charge is 2.32. The number of thiazole rings is 1. The monoisotopic (exact) mass is 288 g/mol. The summed E-state index contributed by atoms with van der Waals surface area (Å²) in [6.45, 7) is 8.44. The number of carboxylic acids is 1. The first kappa shape index (κ1) is 15.3. The van der Waals surface area contributed by atoms with Crippen molar-refractivity contribution in [1.82, 2.24) is 4.98 Å². The number of anilines is 1. The van der Waals surface area contributed by atoms with E-state index in [1.807, 2.05) is 5.38 Å². The van der Waals surface area contributed by atoms with E-state index < -0.39 is 11.4 Å². The lowest BCUT2D eigenvalue weighted by atomic mass is 9.90. The highest BCUT2D eigenvalue weighted by molar-refractivity contribution is 7.99. The van der Waals surface area contributed by atoms with Gasteiger partial charge in [0, 0.05) is 16.7 Å². The number of hydrogen-bond donors (Lipinski definition) is 2. The Kier molecular flexibility index (Phi) is 4.66. The Bertz CT molecular complexity index is 427. The first-order chi connectivity index (χ1) is 8.19. The Hall–Kier alpha value is -0.750. The summed E-state index contributed by atoms with van der Waals surface area (Å²) in [4.78, 5) is 15.5. The molecule has 1 heterocycles. The van der Waals surface area contributed by atoms with Crippen molar-refractivity contribution in [3.05, 3.63) is 11.1 Å². The molecule has 4 nitrogen and oxygen atoms in total. The van der Waals surface area contributed by atoms with Crippen LogP contribution in [0, 0.1) is 0 Å². The van der Waals surface area contributed by atoms with Crippen molar-refractivity contribution in [2.75, 3.05) is 18.1 Å². The average Bonchev–Trinajstić information content (AvgIpc) is 2.75. The van der Waals surface area contributed by atoms with E-state index in [9.17, 15) is 4.79 Å². The van der Waals surface area contributed by atoms with E-state index in [1.165, 1.54) is 11.3 Å². The number of carboxylic acid groups (broad SMARTS) is 1. The van der Waals surface area contributed by atoms with Gasteiger partial charge in [0.1, 0.15) is 5.41 Å². The molecular formula is C12H20N2O2S2. The van der Waals surface area contributed by atoms with E-state index in [1.54, 1.807) is 25.6 Å². The van der Waals surface area contributed by atoms with Crippen molar-refractivity contribution < 1.29 is 9.90 Å². The van der Waals surface area contributed by atoms with Crippen LogP contribution in [0.25, 0.3) is 0 Å². The van der Waals surface area contributed by atoms with Gasteiger partial charge in [0.2, 0.25) is 0 Å². The molecule has 0 fully saturated rings. The van der Waals surface area contributed by atoms with Gasteiger partial charge in [0.15, 0.2) is 5.13 Å². The van der Waals surface area contributed by atoms with Crippen LogP contribution in [0.2, 0.25) is 0 Å². The first-order valence-electron chi connectivity index (χ1n) is 5.67. The summed E-state index contributed by atoms with van der Waals surface area (Å²) in [5.74, 6) is -0.858. The quantitative estimate of drug-likeness (QED) is 0.842. The van der Waals surface area contributed by atoms with Gasteiger partial charge in [0.25, 0.3) is 0 Å².